The van der Waals surface area contributed by atoms with E-state index in [1.807, 2.05) is 0 Å². The molecule has 0 aliphatic rings. The van der Waals surface area contributed by atoms with Crippen molar-refractivity contribution in [3.05, 3.63) is 60.2 Å². The van der Waals surface area contributed by atoms with Crippen LogP contribution in [0.4, 0.5) is 0 Å². The van der Waals surface area contributed by atoms with Crippen molar-refractivity contribution in [3.8, 4) is 0 Å². The molecule has 0 saturated carbocycles. The molecule has 0 spiro atoms. The average Bonchev–Trinajstić information content (AvgIpc) is 2.48. The summed E-state index contributed by atoms with van der Waals surface area (Å²) in [6.07, 6.45) is 5.68. The van der Waals surface area contributed by atoms with Gasteiger partial charge in [0.15, 0.2) is 0 Å². The largest absolute Gasteiger partial charge is 1.00 e. The number of carbonyl (C=O) groups is 2. The quantitative estimate of drug-likeness (QED) is 0.437. The Labute approximate surface area is 153 Å². The fraction of sp³-hybridized carbons (Fsp3) is 0. The Kier molecular flexibility index (Phi) is 12.7. The minimum atomic E-state index is -4.94. The Morgan fingerprint density at radius 1 is 0.833 bits per heavy atom. The van der Waals surface area contributed by atoms with E-state index in [2.05, 4.69) is 9.97 Å². The van der Waals surface area contributed by atoms with Crippen LogP contribution in [0.1, 0.15) is 20.7 Å². The summed E-state index contributed by atoms with van der Waals surface area (Å²) in [6.45, 7) is 0. The molecule has 0 amide bonds. The minimum Gasteiger partial charge on any atom is -0.478 e. The molecular formula is C12H10AgClN2O8. The Morgan fingerprint density at radius 2 is 1.12 bits per heavy atom. The molecule has 0 aliphatic heterocycles. The molecule has 2 aromatic heterocycles. The zero-order valence-corrected chi connectivity index (χ0v) is 13.8. The van der Waals surface area contributed by atoms with Crippen molar-refractivity contribution in [2.45, 2.75) is 0 Å². The first kappa shape index (κ1) is 24.4. The Hall–Kier alpha value is -1.89. The first-order valence-corrected chi connectivity index (χ1v) is 6.73. The van der Waals surface area contributed by atoms with Gasteiger partial charge in [-0.05, 0) is 24.3 Å². The van der Waals surface area contributed by atoms with E-state index in [-0.39, 0.29) is 33.5 Å². The zero-order chi connectivity index (χ0) is 17.9. The van der Waals surface area contributed by atoms with Crippen molar-refractivity contribution in [2.75, 3.05) is 0 Å². The van der Waals surface area contributed by atoms with Gasteiger partial charge >= 0.3 is 34.3 Å². The number of carboxylic acids is 2. The van der Waals surface area contributed by atoms with Crippen molar-refractivity contribution in [3.63, 3.8) is 0 Å². The van der Waals surface area contributed by atoms with Crippen LogP contribution in [-0.2, 0) is 22.4 Å². The van der Waals surface area contributed by atoms with E-state index in [0.717, 1.165) is 0 Å². The fourth-order valence-electron chi connectivity index (χ4n) is 0.979. The van der Waals surface area contributed by atoms with Gasteiger partial charge in [-0.3, -0.25) is 9.97 Å². The Bertz CT molecular complexity index is 554. The fourth-order valence-corrected chi connectivity index (χ4v) is 0.979. The normalized spacial score (nSPS) is 9.17. The van der Waals surface area contributed by atoms with Crippen molar-refractivity contribution in [2.24, 2.45) is 0 Å². The molecule has 2 N–H and O–H groups in total. The predicted molar refractivity (Wildman–Crippen MR) is 62.4 cm³/mol. The number of aromatic carboxylic acids is 2. The number of aromatic nitrogens is 2. The van der Waals surface area contributed by atoms with E-state index in [4.69, 9.17) is 28.8 Å². The molecule has 10 nitrogen and oxygen atoms in total. The van der Waals surface area contributed by atoms with Gasteiger partial charge in [-0.25, -0.2) is 28.2 Å². The Morgan fingerprint density at radius 3 is 1.25 bits per heavy atom. The molecule has 0 atom stereocenters. The SMILES string of the molecule is O=C(O)c1cccnc1.O=C(O)c1cccnc1.[Ag+].[O-][Cl+3]([O-])([O-])[O-]. The number of hydrogen-bond acceptors (Lipinski definition) is 8. The van der Waals surface area contributed by atoms with Gasteiger partial charge in [0.1, 0.15) is 0 Å². The molecule has 24 heavy (non-hydrogen) atoms. The van der Waals surface area contributed by atoms with Crippen LogP contribution in [0.3, 0.4) is 0 Å². The summed E-state index contributed by atoms with van der Waals surface area (Å²) < 4.78 is 34.0. The average molecular weight is 454 g/mol. The van der Waals surface area contributed by atoms with Crippen LogP contribution in [0, 0.1) is 10.2 Å². The van der Waals surface area contributed by atoms with E-state index in [1.54, 1.807) is 12.1 Å². The van der Waals surface area contributed by atoms with Gasteiger partial charge in [-0.1, -0.05) is 0 Å². The number of rotatable bonds is 2. The third-order valence-corrected chi connectivity index (χ3v) is 1.82. The maximum Gasteiger partial charge on any atom is 1.00 e. The molecule has 2 heterocycles. The van der Waals surface area contributed by atoms with Gasteiger partial charge < -0.3 is 10.2 Å². The molecule has 12 heteroatoms. The molecular weight excluding hydrogens is 443 g/mol. The number of pyridine rings is 2. The summed E-state index contributed by atoms with van der Waals surface area (Å²) in [5.41, 5.74) is 0.440. The predicted octanol–water partition coefficient (Wildman–Crippen LogP) is -3.20. The van der Waals surface area contributed by atoms with E-state index in [1.165, 1.54) is 36.9 Å². The second kappa shape index (κ2) is 12.5. The molecule has 2 rings (SSSR count). The maximum absolute atomic E-state index is 10.2. The standard InChI is InChI=1S/2C6H5NO2.Ag.ClHO4/c2*8-6(9)5-2-1-3-7-4-5;;2-1(3,4)5/h2*1-4H,(H,8,9);;(H,2,3,4,5)/q;;+1;/p-1. The van der Waals surface area contributed by atoms with E-state index >= 15 is 0 Å². The number of hydrogen-bond donors (Lipinski definition) is 2. The smallest absolute Gasteiger partial charge is 0.478 e. The van der Waals surface area contributed by atoms with E-state index in [0.29, 0.717) is 0 Å². The van der Waals surface area contributed by atoms with Gasteiger partial charge in [0.25, 0.3) is 0 Å². The zero-order valence-electron chi connectivity index (χ0n) is 11.5. The first-order chi connectivity index (χ1) is 10.6. The molecule has 0 saturated heterocycles. The van der Waals surface area contributed by atoms with Gasteiger partial charge in [-0.15, -0.1) is 10.2 Å². The molecule has 0 fully saturated rings. The van der Waals surface area contributed by atoms with Crippen molar-refractivity contribution in [1.82, 2.24) is 9.97 Å². The topological polar surface area (TPSA) is 193 Å². The monoisotopic (exact) mass is 452 g/mol. The second-order valence-corrected chi connectivity index (χ2v) is 4.23. The molecule has 0 aromatic carbocycles. The van der Waals surface area contributed by atoms with E-state index < -0.39 is 22.2 Å². The van der Waals surface area contributed by atoms with Gasteiger partial charge in [0.2, 0.25) is 0 Å². The van der Waals surface area contributed by atoms with Crippen molar-refractivity contribution >= 4 is 11.9 Å². The summed E-state index contributed by atoms with van der Waals surface area (Å²) in [5, 5.41) is 16.7. The third kappa shape index (κ3) is 15.0. The van der Waals surface area contributed by atoms with Crippen LogP contribution in [0.5, 0.6) is 0 Å². The third-order valence-electron chi connectivity index (χ3n) is 1.82. The Balaban J connectivity index is 0. The molecule has 0 radical (unpaired) electrons. The summed E-state index contributed by atoms with van der Waals surface area (Å²) in [4.78, 5) is 27.6. The molecule has 0 unspecified atom stereocenters. The summed E-state index contributed by atoms with van der Waals surface area (Å²) in [6, 6.07) is 6.16. The summed E-state index contributed by atoms with van der Waals surface area (Å²) >= 11 is 0. The summed E-state index contributed by atoms with van der Waals surface area (Å²) in [5.74, 6) is -1.88. The summed E-state index contributed by atoms with van der Waals surface area (Å²) in [7, 11) is -4.94. The van der Waals surface area contributed by atoms with Crippen LogP contribution < -0.4 is 18.6 Å². The molecule has 0 bridgehead atoms. The van der Waals surface area contributed by atoms with Crippen LogP contribution >= 0.6 is 0 Å². The number of halogens is 1. The van der Waals surface area contributed by atoms with Gasteiger partial charge in [0.05, 0.1) is 11.1 Å². The molecule has 134 valence electrons. The van der Waals surface area contributed by atoms with E-state index in [9.17, 15) is 9.59 Å². The van der Waals surface area contributed by atoms with Crippen LogP contribution in [-0.4, -0.2) is 32.1 Å². The van der Waals surface area contributed by atoms with Crippen molar-refractivity contribution in [1.29, 1.82) is 0 Å². The molecule has 0 aliphatic carbocycles. The second-order valence-electron chi connectivity index (χ2n) is 3.47. The number of carboxylic acid groups (broad SMARTS) is 2. The van der Waals surface area contributed by atoms with Gasteiger partial charge in [0, 0.05) is 24.8 Å². The van der Waals surface area contributed by atoms with Crippen LogP contribution in [0.15, 0.2) is 49.1 Å². The molecule has 2 aromatic rings. The first-order valence-electron chi connectivity index (χ1n) is 5.49. The number of nitrogens with zero attached hydrogens (tertiary/aromatic N) is 2. The van der Waals surface area contributed by atoms with Crippen LogP contribution in [0.2, 0.25) is 0 Å². The van der Waals surface area contributed by atoms with Gasteiger partial charge in [-0.2, -0.15) is 0 Å². The maximum atomic E-state index is 10.2. The minimum absolute atomic E-state index is 0. The van der Waals surface area contributed by atoms with Crippen molar-refractivity contribution < 1.29 is 71.1 Å². The van der Waals surface area contributed by atoms with Crippen LogP contribution in [0.25, 0.3) is 0 Å².